The Morgan fingerprint density at radius 1 is 1.06 bits per heavy atom. The lowest BCUT2D eigenvalue weighted by Crippen LogP contribution is -2.24. The van der Waals surface area contributed by atoms with E-state index in [-0.39, 0.29) is 24.0 Å². The quantitative estimate of drug-likeness (QED) is 0.234. The fourth-order valence-electron chi connectivity index (χ4n) is 3.68. The lowest BCUT2D eigenvalue weighted by Gasteiger charge is -2.07. The third-order valence-electron chi connectivity index (χ3n) is 5.49. The molecule has 0 saturated heterocycles. The fourth-order valence-corrected chi connectivity index (χ4v) is 3.68. The van der Waals surface area contributed by atoms with Crippen LogP contribution in [0.4, 0.5) is 0 Å². The van der Waals surface area contributed by atoms with E-state index in [4.69, 9.17) is 4.74 Å². The highest BCUT2D eigenvalue weighted by Gasteiger charge is 2.09. The van der Waals surface area contributed by atoms with Crippen molar-refractivity contribution in [3.05, 3.63) is 65.9 Å². The number of carbonyl (C=O) groups excluding carboxylic acids is 3. The van der Waals surface area contributed by atoms with Crippen LogP contribution in [0.2, 0.25) is 0 Å². The number of aromatic nitrogens is 1. The molecule has 0 saturated carbocycles. The smallest absolute Gasteiger partial charge is 0.220 e. The van der Waals surface area contributed by atoms with E-state index in [2.05, 4.69) is 14.9 Å². The summed E-state index contributed by atoms with van der Waals surface area (Å²) in [6.45, 7) is 2.87. The molecule has 1 heterocycles. The summed E-state index contributed by atoms with van der Waals surface area (Å²) in [6, 6.07) is 15.1. The van der Waals surface area contributed by atoms with Crippen molar-refractivity contribution < 1.29 is 19.1 Å². The molecule has 0 spiro atoms. The van der Waals surface area contributed by atoms with E-state index in [0.717, 1.165) is 22.2 Å². The largest absolute Gasteiger partial charge is 0.497 e. The predicted octanol–water partition coefficient (Wildman–Crippen LogP) is 4.22. The molecule has 3 aromatic rings. The summed E-state index contributed by atoms with van der Waals surface area (Å²) >= 11 is 0. The lowest BCUT2D eigenvalue weighted by atomic mass is 10.1. The Kier molecular flexibility index (Phi) is 9.14. The Morgan fingerprint density at radius 2 is 1.91 bits per heavy atom. The fraction of sp³-hybridized carbons (Fsp3) is 0.333. The Hall–Kier alpha value is -3.74. The van der Waals surface area contributed by atoms with E-state index >= 15 is 0 Å². The molecule has 0 atom stereocenters. The van der Waals surface area contributed by atoms with Crippen molar-refractivity contribution in [2.24, 2.45) is 4.99 Å². The van der Waals surface area contributed by atoms with E-state index in [1.54, 1.807) is 20.2 Å². The van der Waals surface area contributed by atoms with Gasteiger partial charge in [-0.25, -0.2) is 0 Å². The topological polar surface area (TPSA) is 89.8 Å². The zero-order valence-electron chi connectivity index (χ0n) is 19.8. The maximum atomic E-state index is 12.6. The van der Waals surface area contributed by atoms with Crippen LogP contribution in [-0.4, -0.2) is 48.5 Å². The van der Waals surface area contributed by atoms with Gasteiger partial charge in [0.25, 0.3) is 0 Å². The maximum Gasteiger partial charge on any atom is 0.220 e. The van der Waals surface area contributed by atoms with Gasteiger partial charge in [0.05, 0.1) is 7.11 Å². The van der Waals surface area contributed by atoms with Crippen molar-refractivity contribution >= 4 is 34.6 Å². The van der Waals surface area contributed by atoms with Gasteiger partial charge < -0.3 is 19.4 Å². The third kappa shape index (κ3) is 7.40. The van der Waals surface area contributed by atoms with Crippen molar-refractivity contribution in [1.29, 1.82) is 0 Å². The van der Waals surface area contributed by atoms with Gasteiger partial charge in [-0.15, -0.1) is 0 Å². The number of Topliss-reactive ketones (excluding diaryl/α,β-unsaturated/α-hetero) is 2. The highest BCUT2D eigenvalue weighted by atomic mass is 16.5. The number of benzene rings is 2. The maximum absolute atomic E-state index is 12.6. The standard InChI is InChI=1S/C27H31N3O4/c1-20(31)6-4-13-29-27(33)9-5-14-30-15-12-22-17-23(10-11-25(22)30)26(32)19-28-18-21-7-3-8-24(16-21)34-2/h3,7-8,10-12,15-18H,4-6,9,13-14,19H2,1-2H3,(H,29,33). The number of aliphatic imine (C=N–C) groups is 1. The van der Waals surface area contributed by atoms with Crippen LogP contribution in [0.15, 0.2) is 59.7 Å². The van der Waals surface area contributed by atoms with E-state index in [9.17, 15) is 14.4 Å². The van der Waals surface area contributed by atoms with Crippen LogP contribution in [0.5, 0.6) is 5.75 Å². The second kappa shape index (κ2) is 12.5. The van der Waals surface area contributed by atoms with Gasteiger partial charge in [-0.2, -0.15) is 0 Å². The molecule has 178 valence electrons. The first-order valence-corrected chi connectivity index (χ1v) is 11.5. The van der Waals surface area contributed by atoms with Crippen molar-refractivity contribution in [2.45, 2.75) is 39.2 Å². The van der Waals surface area contributed by atoms with Crippen molar-refractivity contribution in [2.75, 3.05) is 20.2 Å². The first kappa shape index (κ1) is 24.9. The van der Waals surface area contributed by atoms with E-state index in [1.807, 2.05) is 54.7 Å². The number of methoxy groups -OCH3 is 1. The Balaban J connectivity index is 1.50. The number of ether oxygens (including phenoxy) is 1. The van der Waals surface area contributed by atoms with E-state index in [1.165, 1.54) is 0 Å². The minimum Gasteiger partial charge on any atom is -0.497 e. The zero-order valence-corrected chi connectivity index (χ0v) is 19.8. The third-order valence-corrected chi connectivity index (χ3v) is 5.49. The van der Waals surface area contributed by atoms with Gasteiger partial charge in [0.1, 0.15) is 18.1 Å². The molecule has 0 aliphatic heterocycles. The van der Waals surface area contributed by atoms with Crippen LogP contribution in [0.25, 0.3) is 10.9 Å². The summed E-state index contributed by atoms with van der Waals surface area (Å²) in [6.07, 6.45) is 5.97. The number of rotatable bonds is 13. The second-order valence-corrected chi connectivity index (χ2v) is 8.21. The summed E-state index contributed by atoms with van der Waals surface area (Å²) in [7, 11) is 1.61. The summed E-state index contributed by atoms with van der Waals surface area (Å²) in [5, 5.41) is 3.84. The van der Waals surface area contributed by atoms with E-state index in [0.29, 0.717) is 44.3 Å². The molecular weight excluding hydrogens is 430 g/mol. The van der Waals surface area contributed by atoms with E-state index < -0.39 is 0 Å². The van der Waals surface area contributed by atoms with Crippen LogP contribution in [0, 0.1) is 0 Å². The first-order valence-electron chi connectivity index (χ1n) is 11.5. The van der Waals surface area contributed by atoms with Crippen LogP contribution in [-0.2, 0) is 16.1 Å². The summed E-state index contributed by atoms with van der Waals surface area (Å²) in [4.78, 5) is 39.8. The van der Waals surface area contributed by atoms with Crippen molar-refractivity contribution in [1.82, 2.24) is 9.88 Å². The molecule has 1 aromatic heterocycles. The van der Waals surface area contributed by atoms with Crippen LogP contribution in [0.1, 0.15) is 48.5 Å². The highest BCUT2D eigenvalue weighted by Crippen LogP contribution is 2.19. The minimum absolute atomic E-state index is 0.00222. The monoisotopic (exact) mass is 461 g/mol. The number of carbonyl (C=O) groups is 3. The molecule has 1 N–H and O–H groups in total. The van der Waals surface area contributed by atoms with Crippen molar-refractivity contribution in [3.63, 3.8) is 0 Å². The number of nitrogens with zero attached hydrogens (tertiary/aromatic N) is 2. The molecule has 0 radical (unpaired) electrons. The highest BCUT2D eigenvalue weighted by molar-refractivity contribution is 6.01. The predicted molar refractivity (Wildman–Crippen MR) is 134 cm³/mol. The molecular formula is C27H31N3O4. The van der Waals surface area contributed by atoms with Crippen LogP contribution >= 0.6 is 0 Å². The molecule has 0 aliphatic rings. The van der Waals surface area contributed by atoms with Crippen molar-refractivity contribution in [3.8, 4) is 5.75 Å². The lowest BCUT2D eigenvalue weighted by molar-refractivity contribution is -0.121. The summed E-state index contributed by atoms with van der Waals surface area (Å²) in [5.41, 5.74) is 2.53. The summed E-state index contributed by atoms with van der Waals surface area (Å²) in [5.74, 6) is 0.840. The Morgan fingerprint density at radius 3 is 2.71 bits per heavy atom. The van der Waals surface area contributed by atoms with Gasteiger partial charge >= 0.3 is 0 Å². The van der Waals surface area contributed by atoms with Gasteiger partial charge in [-0.05, 0) is 61.7 Å². The van der Waals surface area contributed by atoms with Crippen LogP contribution < -0.4 is 10.1 Å². The summed E-state index contributed by atoms with van der Waals surface area (Å²) < 4.78 is 7.29. The second-order valence-electron chi connectivity index (χ2n) is 8.21. The molecule has 0 fully saturated rings. The SMILES string of the molecule is COc1cccc(C=NCC(=O)c2ccc3c(ccn3CCCC(=O)NCCCC(C)=O)c2)c1. The van der Waals surface area contributed by atoms with Gasteiger partial charge in [-0.1, -0.05) is 12.1 Å². The number of nitrogens with one attached hydrogen (secondary N) is 1. The average molecular weight is 462 g/mol. The van der Waals surface area contributed by atoms with Gasteiger partial charge in [0.2, 0.25) is 5.91 Å². The minimum atomic E-state index is -0.0461. The molecule has 0 bridgehead atoms. The number of amides is 1. The molecule has 1 amide bonds. The molecule has 0 aliphatic carbocycles. The number of hydrogen-bond donors (Lipinski definition) is 1. The molecule has 7 heteroatoms. The molecule has 3 rings (SSSR count). The zero-order chi connectivity index (χ0) is 24.3. The van der Waals surface area contributed by atoms with Crippen LogP contribution in [0.3, 0.4) is 0 Å². The Labute approximate surface area is 199 Å². The molecule has 34 heavy (non-hydrogen) atoms. The molecule has 7 nitrogen and oxygen atoms in total. The molecule has 0 unspecified atom stereocenters. The molecule has 2 aromatic carbocycles. The normalized spacial score (nSPS) is 11.1. The number of ketones is 2. The van der Waals surface area contributed by atoms with Gasteiger partial charge in [-0.3, -0.25) is 14.6 Å². The first-order chi connectivity index (χ1) is 16.5. The number of aryl methyl sites for hydroxylation is 1. The number of hydrogen-bond acceptors (Lipinski definition) is 5. The number of fused-ring (bicyclic) bond motifs is 1. The van der Waals surface area contributed by atoms with Gasteiger partial charge in [0.15, 0.2) is 5.78 Å². The van der Waals surface area contributed by atoms with Gasteiger partial charge in [0, 0.05) is 54.8 Å². The Bertz CT molecular complexity index is 1180. The average Bonchev–Trinajstić information content (AvgIpc) is 3.24.